The maximum absolute atomic E-state index is 13.7. The largest absolute Gasteiger partial charge is 0.272 e. The molecule has 4 aromatic rings. The zero-order valence-electron chi connectivity index (χ0n) is 14.3. The fourth-order valence-corrected chi connectivity index (χ4v) is 3.60. The van der Waals surface area contributed by atoms with Gasteiger partial charge in [-0.3, -0.25) is 25.4 Å². The molecule has 0 unspecified atom stereocenters. The number of carbonyl (C=O) groups is 2. The minimum Gasteiger partial charge on any atom is -0.267 e. The van der Waals surface area contributed by atoms with Crippen LogP contribution in [-0.4, -0.2) is 21.8 Å². The monoisotopic (exact) mass is 392 g/mol. The Bertz CT molecular complexity index is 1160. The maximum atomic E-state index is 13.7. The minimum absolute atomic E-state index is 0.166. The predicted octanol–water partition coefficient (Wildman–Crippen LogP) is 3.57. The lowest BCUT2D eigenvalue weighted by molar-refractivity contribution is 0.0844. The number of carbonyl (C=O) groups excluding carboxylic acids is 2. The number of fused-ring (bicyclic) bond motifs is 1. The zero-order valence-corrected chi connectivity index (χ0v) is 15.2. The van der Waals surface area contributed by atoms with Crippen molar-refractivity contribution in [2.24, 2.45) is 0 Å². The van der Waals surface area contributed by atoms with Crippen molar-refractivity contribution in [2.75, 3.05) is 0 Å². The van der Waals surface area contributed by atoms with E-state index in [4.69, 9.17) is 0 Å². The van der Waals surface area contributed by atoms with E-state index in [0.717, 1.165) is 10.2 Å². The first-order valence-corrected chi connectivity index (χ1v) is 9.11. The first kappa shape index (κ1) is 17.7. The lowest BCUT2D eigenvalue weighted by atomic mass is 10.2. The summed E-state index contributed by atoms with van der Waals surface area (Å²) in [4.78, 5) is 33.5. The van der Waals surface area contributed by atoms with E-state index in [-0.39, 0.29) is 11.1 Å². The number of nitrogens with one attached hydrogen (secondary N) is 2. The van der Waals surface area contributed by atoms with Gasteiger partial charge in [0.05, 0.1) is 21.3 Å². The van der Waals surface area contributed by atoms with Crippen molar-refractivity contribution in [2.45, 2.75) is 0 Å². The Kier molecular flexibility index (Phi) is 4.77. The highest BCUT2D eigenvalue weighted by Crippen LogP contribution is 2.30. The highest BCUT2D eigenvalue weighted by atomic mass is 32.1. The van der Waals surface area contributed by atoms with E-state index >= 15 is 0 Å². The number of hydrazine groups is 1. The van der Waals surface area contributed by atoms with E-state index in [0.29, 0.717) is 10.7 Å². The van der Waals surface area contributed by atoms with E-state index < -0.39 is 17.6 Å². The number of benzene rings is 2. The van der Waals surface area contributed by atoms with Crippen LogP contribution in [0.15, 0.2) is 66.9 Å². The standard InChI is InChI=1S/C20H13FN4O2S/c21-14-8-2-1-6-12(14)18(26)24-25-19(27)13-7-5-11-22-17(13)20-23-15-9-3-4-10-16(15)28-20/h1-11H,(H,24,26)(H,25,27). The number of amides is 2. The first-order valence-electron chi connectivity index (χ1n) is 8.29. The molecule has 28 heavy (non-hydrogen) atoms. The molecule has 2 aromatic carbocycles. The van der Waals surface area contributed by atoms with E-state index in [1.165, 1.54) is 35.6 Å². The molecule has 4 rings (SSSR count). The summed E-state index contributed by atoms with van der Waals surface area (Å²) in [6.45, 7) is 0. The van der Waals surface area contributed by atoms with Crippen molar-refractivity contribution >= 4 is 33.4 Å². The number of pyridine rings is 1. The molecular formula is C20H13FN4O2S. The summed E-state index contributed by atoms with van der Waals surface area (Å²) in [5.41, 5.74) is 5.82. The van der Waals surface area contributed by atoms with Crippen LogP contribution in [0.3, 0.4) is 0 Å². The van der Waals surface area contributed by atoms with E-state index in [2.05, 4.69) is 20.8 Å². The van der Waals surface area contributed by atoms with Crippen molar-refractivity contribution in [3.05, 3.63) is 83.8 Å². The average Bonchev–Trinajstić information content (AvgIpc) is 3.16. The van der Waals surface area contributed by atoms with Gasteiger partial charge in [-0.05, 0) is 36.4 Å². The molecule has 2 N–H and O–H groups in total. The van der Waals surface area contributed by atoms with E-state index in [9.17, 15) is 14.0 Å². The van der Waals surface area contributed by atoms with Gasteiger partial charge in [-0.15, -0.1) is 11.3 Å². The second-order valence-corrected chi connectivity index (χ2v) is 6.81. The van der Waals surface area contributed by atoms with Gasteiger partial charge in [0.2, 0.25) is 0 Å². The molecule has 138 valence electrons. The number of halogens is 1. The van der Waals surface area contributed by atoms with E-state index in [1.54, 1.807) is 18.3 Å². The van der Waals surface area contributed by atoms with Crippen LogP contribution >= 0.6 is 11.3 Å². The lowest BCUT2D eigenvalue weighted by Crippen LogP contribution is -2.42. The Hall–Kier alpha value is -3.65. The lowest BCUT2D eigenvalue weighted by Gasteiger charge is -2.09. The summed E-state index contributed by atoms with van der Waals surface area (Å²) in [6, 6.07) is 16.3. The second-order valence-electron chi connectivity index (χ2n) is 5.77. The Labute approximate surface area is 163 Å². The normalized spacial score (nSPS) is 10.6. The average molecular weight is 392 g/mol. The molecule has 6 nitrogen and oxygen atoms in total. The molecule has 0 aliphatic rings. The smallest absolute Gasteiger partial charge is 0.267 e. The topological polar surface area (TPSA) is 84.0 Å². The van der Waals surface area contributed by atoms with Crippen molar-refractivity contribution in [1.82, 2.24) is 20.8 Å². The van der Waals surface area contributed by atoms with Gasteiger partial charge in [0.25, 0.3) is 11.8 Å². The van der Waals surface area contributed by atoms with E-state index in [1.807, 2.05) is 24.3 Å². The number of hydrogen-bond donors (Lipinski definition) is 2. The summed E-state index contributed by atoms with van der Waals surface area (Å²) in [5.74, 6) is -2.00. The molecule has 0 saturated heterocycles. The number of hydrogen-bond acceptors (Lipinski definition) is 5. The Morgan fingerprint density at radius 2 is 1.54 bits per heavy atom. The van der Waals surface area contributed by atoms with Crippen LogP contribution in [0.4, 0.5) is 4.39 Å². The van der Waals surface area contributed by atoms with Crippen LogP contribution in [0.1, 0.15) is 20.7 Å². The third kappa shape index (κ3) is 3.45. The molecule has 0 atom stereocenters. The highest BCUT2D eigenvalue weighted by molar-refractivity contribution is 7.21. The van der Waals surface area contributed by atoms with Crippen LogP contribution < -0.4 is 10.9 Å². The first-order chi connectivity index (χ1) is 13.6. The quantitative estimate of drug-likeness (QED) is 0.522. The van der Waals surface area contributed by atoms with Gasteiger partial charge < -0.3 is 0 Å². The van der Waals surface area contributed by atoms with Gasteiger partial charge in [-0.2, -0.15) is 0 Å². The third-order valence-corrected chi connectivity index (χ3v) is 5.00. The van der Waals surface area contributed by atoms with Crippen molar-refractivity contribution < 1.29 is 14.0 Å². The molecule has 0 aliphatic heterocycles. The Morgan fingerprint density at radius 3 is 2.32 bits per heavy atom. The summed E-state index contributed by atoms with van der Waals surface area (Å²) < 4.78 is 14.7. The fourth-order valence-electron chi connectivity index (χ4n) is 2.63. The van der Waals surface area contributed by atoms with Gasteiger partial charge in [-0.25, -0.2) is 9.37 Å². The number of aromatic nitrogens is 2. The van der Waals surface area contributed by atoms with Crippen molar-refractivity contribution in [3.8, 4) is 10.7 Å². The zero-order chi connectivity index (χ0) is 19.5. The van der Waals surface area contributed by atoms with Gasteiger partial charge in [0.1, 0.15) is 16.5 Å². The molecule has 0 radical (unpaired) electrons. The highest BCUT2D eigenvalue weighted by Gasteiger charge is 2.18. The SMILES string of the molecule is O=C(NNC(=O)c1cccnc1-c1nc2ccccc2s1)c1ccccc1F. The molecule has 0 aliphatic carbocycles. The molecule has 0 fully saturated rings. The Balaban J connectivity index is 1.57. The Morgan fingerprint density at radius 1 is 0.857 bits per heavy atom. The third-order valence-electron chi connectivity index (χ3n) is 3.96. The number of thiazole rings is 1. The molecule has 0 spiro atoms. The molecule has 2 amide bonds. The molecule has 8 heteroatoms. The molecule has 0 saturated carbocycles. The summed E-state index contributed by atoms with van der Waals surface area (Å²) in [5, 5.41) is 0.590. The summed E-state index contributed by atoms with van der Waals surface area (Å²) in [6.07, 6.45) is 1.57. The molecule has 2 aromatic heterocycles. The predicted molar refractivity (Wildman–Crippen MR) is 104 cm³/mol. The van der Waals surface area contributed by atoms with Gasteiger partial charge in [0.15, 0.2) is 0 Å². The van der Waals surface area contributed by atoms with Crippen LogP contribution in [0, 0.1) is 5.82 Å². The van der Waals surface area contributed by atoms with Crippen LogP contribution in [0.2, 0.25) is 0 Å². The summed E-state index contributed by atoms with van der Waals surface area (Å²) >= 11 is 1.41. The van der Waals surface area contributed by atoms with Crippen molar-refractivity contribution in [3.63, 3.8) is 0 Å². The minimum atomic E-state index is -0.753. The number of rotatable bonds is 3. The molecule has 2 heterocycles. The van der Waals surface area contributed by atoms with Gasteiger partial charge in [0, 0.05) is 6.20 Å². The number of nitrogens with zero attached hydrogens (tertiary/aromatic N) is 2. The second kappa shape index (κ2) is 7.53. The van der Waals surface area contributed by atoms with Gasteiger partial charge >= 0.3 is 0 Å². The van der Waals surface area contributed by atoms with Crippen LogP contribution in [-0.2, 0) is 0 Å². The maximum Gasteiger partial charge on any atom is 0.272 e. The molecule has 0 bridgehead atoms. The number of para-hydroxylation sites is 1. The van der Waals surface area contributed by atoms with Gasteiger partial charge in [-0.1, -0.05) is 24.3 Å². The molecular weight excluding hydrogens is 379 g/mol. The van der Waals surface area contributed by atoms with Crippen LogP contribution in [0.5, 0.6) is 0 Å². The summed E-state index contributed by atoms with van der Waals surface area (Å²) in [7, 11) is 0. The van der Waals surface area contributed by atoms with Crippen LogP contribution in [0.25, 0.3) is 20.9 Å². The van der Waals surface area contributed by atoms with Crippen molar-refractivity contribution in [1.29, 1.82) is 0 Å². The fraction of sp³-hybridized carbons (Fsp3) is 0.